The molecule has 4 nitrogen and oxygen atoms in total. The SMILES string of the molecule is N#Cc1c(N)nc(Sc2ccccc2)c(C#N)c1-c1ccccc1Br. The number of hydrogen-bond donors (Lipinski definition) is 1. The van der Waals surface area contributed by atoms with E-state index >= 15 is 0 Å². The largest absolute Gasteiger partial charge is 0.383 e. The van der Waals surface area contributed by atoms with E-state index in [0.29, 0.717) is 16.2 Å². The average molecular weight is 407 g/mol. The fourth-order valence-electron chi connectivity index (χ4n) is 2.41. The zero-order valence-electron chi connectivity index (χ0n) is 12.9. The predicted molar refractivity (Wildman–Crippen MR) is 102 cm³/mol. The van der Waals surface area contributed by atoms with Crippen molar-refractivity contribution in [3.05, 3.63) is 70.2 Å². The van der Waals surface area contributed by atoms with Crippen molar-refractivity contribution in [3.8, 4) is 23.3 Å². The molecule has 0 aliphatic carbocycles. The van der Waals surface area contributed by atoms with E-state index in [2.05, 4.69) is 33.1 Å². The van der Waals surface area contributed by atoms with Crippen LogP contribution in [-0.2, 0) is 0 Å². The van der Waals surface area contributed by atoms with E-state index in [0.717, 1.165) is 14.9 Å². The van der Waals surface area contributed by atoms with Gasteiger partial charge in [-0.05, 0) is 23.8 Å². The van der Waals surface area contributed by atoms with Crippen LogP contribution in [0.5, 0.6) is 0 Å². The van der Waals surface area contributed by atoms with Crippen LogP contribution < -0.4 is 5.73 Å². The lowest BCUT2D eigenvalue weighted by atomic mass is 9.97. The zero-order valence-corrected chi connectivity index (χ0v) is 15.3. The van der Waals surface area contributed by atoms with Gasteiger partial charge >= 0.3 is 0 Å². The van der Waals surface area contributed by atoms with Crippen molar-refractivity contribution < 1.29 is 0 Å². The van der Waals surface area contributed by atoms with Crippen LogP contribution in [0.25, 0.3) is 11.1 Å². The Morgan fingerprint density at radius 2 is 1.56 bits per heavy atom. The van der Waals surface area contributed by atoms with Gasteiger partial charge in [-0.2, -0.15) is 10.5 Å². The highest BCUT2D eigenvalue weighted by atomic mass is 79.9. The molecule has 2 aromatic carbocycles. The molecule has 3 rings (SSSR count). The Morgan fingerprint density at radius 3 is 2.20 bits per heavy atom. The van der Waals surface area contributed by atoms with Gasteiger partial charge in [0.2, 0.25) is 0 Å². The molecular weight excluding hydrogens is 396 g/mol. The molecule has 1 aromatic heterocycles. The monoisotopic (exact) mass is 406 g/mol. The first kappa shape index (κ1) is 17.0. The molecule has 120 valence electrons. The minimum atomic E-state index is 0.116. The van der Waals surface area contributed by atoms with Gasteiger partial charge in [0.1, 0.15) is 28.5 Å². The Morgan fingerprint density at radius 1 is 0.920 bits per heavy atom. The number of pyridine rings is 1. The minimum Gasteiger partial charge on any atom is -0.383 e. The normalized spacial score (nSPS) is 10.0. The van der Waals surface area contributed by atoms with Gasteiger partial charge in [0, 0.05) is 14.9 Å². The van der Waals surface area contributed by atoms with E-state index < -0.39 is 0 Å². The topological polar surface area (TPSA) is 86.5 Å². The fourth-order valence-corrected chi connectivity index (χ4v) is 3.80. The number of nitriles is 2. The van der Waals surface area contributed by atoms with E-state index in [1.165, 1.54) is 11.8 Å². The van der Waals surface area contributed by atoms with Crippen molar-refractivity contribution in [1.29, 1.82) is 10.5 Å². The minimum absolute atomic E-state index is 0.116. The molecule has 0 aliphatic rings. The Labute approximate surface area is 158 Å². The van der Waals surface area contributed by atoms with Crippen molar-refractivity contribution in [1.82, 2.24) is 4.98 Å². The van der Waals surface area contributed by atoms with E-state index in [1.807, 2.05) is 54.6 Å². The summed E-state index contributed by atoms with van der Waals surface area (Å²) in [6.45, 7) is 0. The van der Waals surface area contributed by atoms with Crippen LogP contribution in [0.2, 0.25) is 0 Å². The summed E-state index contributed by atoms with van der Waals surface area (Å²) in [6, 6.07) is 21.3. The van der Waals surface area contributed by atoms with Crippen LogP contribution in [0.1, 0.15) is 11.1 Å². The highest BCUT2D eigenvalue weighted by molar-refractivity contribution is 9.10. The quantitative estimate of drug-likeness (QED) is 0.661. The summed E-state index contributed by atoms with van der Waals surface area (Å²) < 4.78 is 0.782. The second-order valence-electron chi connectivity index (χ2n) is 5.05. The second kappa shape index (κ2) is 7.40. The average Bonchev–Trinajstić information content (AvgIpc) is 2.62. The van der Waals surface area contributed by atoms with Gasteiger partial charge in [0.25, 0.3) is 0 Å². The summed E-state index contributed by atoms with van der Waals surface area (Å²) >= 11 is 4.84. The first-order valence-electron chi connectivity index (χ1n) is 7.27. The van der Waals surface area contributed by atoms with Crippen LogP contribution in [0.3, 0.4) is 0 Å². The highest BCUT2D eigenvalue weighted by Gasteiger charge is 2.22. The predicted octanol–water partition coefficient (Wildman–Crippen LogP) is 4.99. The molecule has 0 radical (unpaired) electrons. The third kappa shape index (κ3) is 3.36. The molecule has 0 atom stereocenters. The zero-order chi connectivity index (χ0) is 17.8. The molecule has 0 fully saturated rings. The third-order valence-electron chi connectivity index (χ3n) is 3.52. The van der Waals surface area contributed by atoms with Gasteiger partial charge in [-0.3, -0.25) is 0 Å². The Balaban J connectivity index is 2.28. The van der Waals surface area contributed by atoms with Crippen LogP contribution in [0.15, 0.2) is 69.0 Å². The van der Waals surface area contributed by atoms with Crippen molar-refractivity contribution in [2.75, 3.05) is 5.73 Å². The number of benzene rings is 2. The van der Waals surface area contributed by atoms with E-state index in [-0.39, 0.29) is 11.4 Å². The lowest BCUT2D eigenvalue weighted by molar-refractivity contribution is 1.11. The Kier molecular flexibility index (Phi) is 5.04. The molecule has 0 saturated heterocycles. The van der Waals surface area contributed by atoms with Crippen LogP contribution in [-0.4, -0.2) is 4.98 Å². The number of halogens is 1. The number of aromatic nitrogens is 1. The third-order valence-corrected chi connectivity index (χ3v) is 5.20. The van der Waals surface area contributed by atoms with Gasteiger partial charge in [0.15, 0.2) is 0 Å². The van der Waals surface area contributed by atoms with Gasteiger partial charge in [-0.15, -0.1) is 0 Å². The summed E-state index contributed by atoms with van der Waals surface area (Å²) in [5, 5.41) is 19.8. The van der Waals surface area contributed by atoms with Crippen molar-refractivity contribution in [2.24, 2.45) is 0 Å². The molecule has 0 spiro atoms. The smallest absolute Gasteiger partial charge is 0.143 e. The maximum absolute atomic E-state index is 9.77. The van der Waals surface area contributed by atoms with E-state index in [9.17, 15) is 10.5 Å². The molecule has 0 saturated carbocycles. The molecule has 0 unspecified atom stereocenters. The molecule has 1 heterocycles. The Bertz CT molecular complexity index is 1020. The number of nitrogen functional groups attached to an aromatic ring is 1. The Hall–Kier alpha value is -2.80. The molecule has 0 bridgehead atoms. The van der Waals surface area contributed by atoms with Crippen molar-refractivity contribution in [3.63, 3.8) is 0 Å². The van der Waals surface area contributed by atoms with Gasteiger partial charge in [0.05, 0.1) is 5.56 Å². The van der Waals surface area contributed by atoms with Gasteiger partial charge in [-0.25, -0.2) is 4.98 Å². The molecule has 0 aliphatic heterocycles. The summed E-state index contributed by atoms with van der Waals surface area (Å²) in [4.78, 5) is 5.24. The number of nitrogens with two attached hydrogens (primary N) is 1. The van der Waals surface area contributed by atoms with Crippen molar-refractivity contribution >= 4 is 33.5 Å². The molecule has 0 amide bonds. The van der Waals surface area contributed by atoms with Gasteiger partial charge in [-0.1, -0.05) is 64.1 Å². The number of hydrogen-bond acceptors (Lipinski definition) is 5. The fraction of sp³-hybridized carbons (Fsp3) is 0. The molecule has 25 heavy (non-hydrogen) atoms. The summed E-state index contributed by atoms with van der Waals surface area (Å²) in [7, 11) is 0. The van der Waals surface area contributed by atoms with E-state index in [1.54, 1.807) is 0 Å². The first-order chi connectivity index (χ1) is 12.2. The maximum Gasteiger partial charge on any atom is 0.143 e. The van der Waals surface area contributed by atoms with E-state index in [4.69, 9.17) is 5.73 Å². The number of nitrogens with zero attached hydrogens (tertiary/aromatic N) is 3. The number of anilines is 1. The van der Waals surface area contributed by atoms with Crippen LogP contribution in [0, 0.1) is 22.7 Å². The summed E-state index contributed by atoms with van der Waals surface area (Å²) in [6.07, 6.45) is 0. The van der Waals surface area contributed by atoms with Crippen molar-refractivity contribution in [2.45, 2.75) is 9.92 Å². The molecule has 2 N–H and O–H groups in total. The second-order valence-corrected chi connectivity index (χ2v) is 6.96. The highest BCUT2D eigenvalue weighted by Crippen LogP contribution is 2.40. The molecular formula is C19H11BrN4S. The summed E-state index contributed by atoms with van der Waals surface area (Å²) in [5.74, 6) is 0.116. The van der Waals surface area contributed by atoms with Crippen LogP contribution in [0.4, 0.5) is 5.82 Å². The standard InChI is InChI=1S/C19H11BrN4S/c20-16-9-5-4-8-13(16)17-14(10-21)18(23)24-19(15(17)11-22)25-12-6-2-1-3-7-12/h1-9H,(H2,23,24). The van der Waals surface area contributed by atoms with Crippen LogP contribution >= 0.6 is 27.7 Å². The maximum atomic E-state index is 9.77. The van der Waals surface area contributed by atoms with Gasteiger partial charge < -0.3 is 5.73 Å². The lowest BCUT2D eigenvalue weighted by Crippen LogP contribution is -2.03. The molecule has 6 heteroatoms. The number of rotatable bonds is 3. The summed E-state index contributed by atoms with van der Waals surface area (Å²) in [5.41, 5.74) is 7.81. The first-order valence-corrected chi connectivity index (χ1v) is 8.88. The lowest BCUT2D eigenvalue weighted by Gasteiger charge is -2.14. The molecule has 3 aromatic rings.